The minimum absolute atomic E-state index is 0.0525. The lowest BCUT2D eigenvalue weighted by Gasteiger charge is -2.10. The first-order valence-corrected chi connectivity index (χ1v) is 7.14. The number of fused-ring (bicyclic) bond motifs is 1. The Morgan fingerprint density at radius 3 is 2.68 bits per heavy atom. The molecule has 1 aromatic carbocycles. The zero-order chi connectivity index (χ0) is 15.5. The number of benzene rings is 1. The molecule has 2 aromatic heterocycles. The number of hydrogen-bond acceptors (Lipinski definition) is 5. The molecular weight excluding hydrogens is 280 g/mol. The summed E-state index contributed by atoms with van der Waals surface area (Å²) in [6.07, 6.45) is 3.02. The van der Waals surface area contributed by atoms with Crippen molar-refractivity contribution >= 4 is 16.9 Å². The highest BCUT2D eigenvalue weighted by Crippen LogP contribution is 2.32. The van der Waals surface area contributed by atoms with Crippen LogP contribution in [0.15, 0.2) is 42.9 Å². The second-order valence-corrected chi connectivity index (χ2v) is 5.18. The molecule has 2 heterocycles. The maximum absolute atomic E-state index is 9.96. The molecule has 0 bridgehead atoms. The predicted octanol–water partition coefficient (Wildman–Crippen LogP) is 1.42. The molecule has 0 aliphatic heterocycles. The van der Waals surface area contributed by atoms with Gasteiger partial charge in [0.05, 0.1) is 18.0 Å². The summed E-state index contributed by atoms with van der Waals surface area (Å²) in [5.41, 5.74) is 8.67. The van der Waals surface area contributed by atoms with E-state index < -0.39 is 6.10 Å². The molecule has 0 amide bonds. The number of aliphatic hydroxyl groups is 2. The largest absolute Gasteiger partial charge is 0.396 e. The first-order valence-electron chi connectivity index (χ1n) is 7.14. The van der Waals surface area contributed by atoms with E-state index in [1.54, 1.807) is 0 Å². The lowest BCUT2D eigenvalue weighted by molar-refractivity contribution is 0.118. The van der Waals surface area contributed by atoms with E-state index in [9.17, 15) is 5.11 Å². The molecular formula is C16H18N4O2. The molecule has 0 saturated carbocycles. The summed E-state index contributed by atoms with van der Waals surface area (Å²) >= 11 is 0. The van der Waals surface area contributed by atoms with Gasteiger partial charge < -0.3 is 20.5 Å². The average molecular weight is 298 g/mol. The van der Waals surface area contributed by atoms with E-state index in [-0.39, 0.29) is 6.61 Å². The van der Waals surface area contributed by atoms with E-state index in [4.69, 9.17) is 10.8 Å². The van der Waals surface area contributed by atoms with Crippen LogP contribution >= 0.6 is 0 Å². The van der Waals surface area contributed by atoms with Crippen molar-refractivity contribution in [3.8, 4) is 11.1 Å². The Balaban J connectivity index is 2.13. The Morgan fingerprint density at radius 2 is 1.95 bits per heavy atom. The van der Waals surface area contributed by atoms with Gasteiger partial charge in [0.25, 0.3) is 0 Å². The minimum Gasteiger partial charge on any atom is -0.396 e. The third-order valence-electron chi connectivity index (χ3n) is 3.64. The standard InChI is InChI=1S/C16H18N4O2/c17-15-14-13(11-4-2-1-3-5-11)9-20(8-12(22)6-7-21)16(14)19-10-18-15/h1-5,9-10,12,21-22H,6-8H2,(H2,17,18,19). The van der Waals surface area contributed by atoms with Crippen LogP contribution < -0.4 is 5.73 Å². The maximum atomic E-state index is 9.96. The summed E-state index contributed by atoms with van der Waals surface area (Å²) < 4.78 is 1.86. The van der Waals surface area contributed by atoms with E-state index in [1.807, 2.05) is 41.1 Å². The summed E-state index contributed by atoms with van der Waals surface area (Å²) in [5.74, 6) is 0.416. The molecule has 114 valence electrons. The lowest BCUT2D eigenvalue weighted by atomic mass is 10.1. The van der Waals surface area contributed by atoms with E-state index >= 15 is 0 Å². The molecule has 0 saturated heterocycles. The SMILES string of the molecule is Nc1ncnc2c1c(-c1ccccc1)cn2CC(O)CCO. The average Bonchev–Trinajstić information content (AvgIpc) is 2.89. The number of anilines is 1. The Kier molecular flexibility index (Phi) is 4.04. The fourth-order valence-corrected chi connectivity index (χ4v) is 2.59. The van der Waals surface area contributed by atoms with Crippen LogP contribution in [0.4, 0.5) is 5.82 Å². The Bertz CT molecular complexity index is 770. The van der Waals surface area contributed by atoms with E-state index in [1.165, 1.54) is 6.33 Å². The number of nitrogen functional groups attached to an aromatic ring is 1. The van der Waals surface area contributed by atoms with Crippen molar-refractivity contribution in [2.45, 2.75) is 19.1 Å². The molecule has 0 fully saturated rings. The summed E-state index contributed by atoms with van der Waals surface area (Å²) in [5, 5.41) is 19.7. The van der Waals surface area contributed by atoms with Gasteiger partial charge in [0.2, 0.25) is 0 Å². The van der Waals surface area contributed by atoms with Crippen molar-refractivity contribution in [1.29, 1.82) is 0 Å². The van der Waals surface area contributed by atoms with Crippen LogP contribution in [-0.2, 0) is 6.54 Å². The Hall–Kier alpha value is -2.44. The van der Waals surface area contributed by atoms with Crippen LogP contribution in [0.1, 0.15) is 6.42 Å². The second-order valence-electron chi connectivity index (χ2n) is 5.18. The molecule has 3 aromatic rings. The molecule has 1 atom stereocenters. The molecule has 4 N–H and O–H groups in total. The van der Waals surface area contributed by atoms with Crippen LogP contribution in [0.25, 0.3) is 22.2 Å². The number of rotatable bonds is 5. The Labute approximate surface area is 127 Å². The van der Waals surface area contributed by atoms with E-state index in [0.717, 1.165) is 16.5 Å². The Morgan fingerprint density at radius 1 is 1.18 bits per heavy atom. The van der Waals surface area contributed by atoms with Gasteiger partial charge in [0.1, 0.15) is 17.8 Å². The summed E-state index contributed by atoms with van der Waals surface area (Å²) in [4.78, 5) is 8.37. The van der Waals surface area contributed by atoms with Crippen molar-refractivity contribution in [2.75, 3.05) is 12.3 Å². The zero-order valence-electron chi connectivity index (χ0n) is 12.1. The number of aromatic nitrogens is 3. The summed E-state index contributed by atoms with van der Waals surface area (Å²) in [6.45, 7) is 0.295. The number of nitrogens with two attached hydrogens (primary N) is 1. The smallest absolute Gasteiger partial charge is 0.146 e. The molecule has 1 unspecified atom stereocenters. The van der Waals surface area contributed by atoms with Gasteiger partial charge in [0.15, 0.2) is 0 Å². The first-order chi connectivity index (χ1) is 10.7. The van der Waals surface area contributed by atoms with Gasteiger partial charge >= 0.3 is 0 Å². The third-order valence-corrected chi connectivity index (χ3v) is 3.64. The van der Waals surface area contributed by atoms with E-state index in [2.05, 4.69) is 9.97 Å². The summed E-state index contributed by atoms with van der Waals surface area (Å²) in [6, 6.07) is 9.86. The number of hydrogen-bond donors (Lipinski definition) is 3. The predicted molar refractivity (Wildman–Crippen MR) is 85.1 cm³/mol. The molecule has 0 radical (unpaired) electrons. The van der Waals surface area contributed by atoms with Gasteiger partial charge in [-0.2, -0.15) is 0 Å². The highest BCUT2D eigenvalue weighted by molar-refractivity contribution is 6.00. The van der Waals surface area contributed by atoms with Gasteiger partial charge in [-0.25, -0.2) is 9.97 Å². The molecule has 0 aliphatic rings. The van der Waals surface area contributed by atoms with Gasteiger partial charge in [-0.1, -0.05) is 30.3 Å². The number of nitrogens with zero attached hydrogens (tertiary/aromatic N) is 3. The van der Waals surface area contributed by atoms with Gasteiger partial charge in [0, 0.05) is 18.4 Å². The van der Waals surface area contributed by atoms with Crippen molar-refractivity contribution < 1.29 is 10.2 Å². The van der Waals surface area contributed by atoms with Crippen LogP contribution in [0.2, 0.25) is 0 Å². The van der Waals surface area contributed by atoms with E-state index in [0.29, 0.717) is 24.4 Å². The topological polar surface area (TPSA) is 97.2 Å². The second kappa shape index (κ2) is 6.13. The van der Waals surface area contributed by atoms with Crippen molar-refractivity contribution in [3.05, 3.63) is 42.9 Å². The molecule has 3 rings (SSSR count). The first kappa shape index (κ1) is 14.5. The number of aliphatic hydroxyl groups excluding tert-OH is 2. The molecule has 0 spiro atoms. The van der Waals surface area contributed by atoms with Gasteiger partial charge in [-0.05, 0) is 12.0 Å². The zero-order valence-corrected chi connectivity index (χ0v) is 12.1. The minimum atomic E-state index is -0.639. The van der Waals surface area contributed by atoms with Crippen LogP contribution in [0.3, 0.4) is 0 Å². The summed E-state index contributed by atoms with van der Waals surface area (Å²) in [7, 11) is 0. The highest BCUT2D eigenvalue weighted by atomic mass is 16.3. The van der Waals surface area contributed by atoms with Gasteiger partial charge in [-0.15, -0.1) is 0 Å². The van der Waals surface area contributed by atoms with Crippen LogP contribution in [0, 0.1) is 0 Å². The normalized spacial score (nSPS) is 12.6. The molecule has 6 heteroatoms. The van der Waals surface area contributed by atoms with Crippen molar-refractivity contribution in [2.24, 2.45) is 0 Å². The quantitative estimate of drug-likeness (QED) is 0.662. The molecule has 6 nitrogen and oxygen atoms in total. The fraction of sp³-hybridized carbons (Fsp3) is 0.250. The molecule has 22 heavy (non-hydrogen) atoms. The lowest BCUT2D eigenvalue weighted by Crippen LogP contribution is -2.17. The highest BCUT2D eigenvalue weighted by Gasteiger charge is 2.16. The fourth-order valence-electron chi connectivity index (χ4n) is 2.59. The third kappa shape index (κ3) is 2.66. The van der Waals surface area contributed by atoms with Crippen molar-refractivity contribution in [3.63, 3.8) is 0 Å². The maximum Gasteiger partial charge on any atom is 0.146 e. The van der Waals surface area contributed by atoms with Gasteiger partial charge in [-0.3, -0.25) is 0 Å². The monoisotopic (exact) mass is 298 g/mol. The molecule has 0 aliphatic carbocycles. The van der Waals surface area contributed by atoms with Crippen LogP contribution in [0.5, 0.6) is 0 Å². The van der Waals surface area contributed by atoms with Crippen LogP contribution in [-0.4, -0.2) is 37.5 Å². The van der Waals surface area contributed by atoms with Crippen molar-refractivity contribution in [1.82, 2.24) is 14.5 Å².